The van der Waals surface area contributed by atoms with Gasteiger partial charge in [0, 0.05) is 23.9 Å². The molecule has 0 saturated carbocycles. The molecule has 0 saturated heterocycles. The minimum atomic E-state index is -3.72. The van der Waals surface area contributed by atoms with Crippen LogP contribution in [0.5, 0.6) is 0 Å². The fourth-order valence-corrected chi connectivity index (χ4v) is 3.56. The van der Waals surface area contributed by atoms with E-state index in [0.29, 0.717) is 22.4 Å². The summed E-state index contributed by atoms with van der Waals surface area (Å²) in [5, 5.41) is 2.73. The van der Waals surface area contributed by atoms with Crippen molar-refractivity contribution in [3.63, 3.8) is 0 Å². The van der Waals surface area contributed by atoms with Crippen LogP contribution in [-0.2, 0) is 16.6 Å². The largest absolute Gasteiger partial charge is 0.321 e. The summed E-state index contributed by atoms with van der Waals surface area (Å²) in [6, 6.07) is 15.8. The number of amides is 1. The minimum absolute atomic E-state index is 0.0707. The van der Waals surface area contributed by atoms with Crippen LogP contribution in [0.1, 0.15) is 33.2 Å². The summed E-state index contributed by atoms with van der Waals surface area (Å²) in [5.41, 5.74) is 2.18. The number of hydrogen-bond donors (Lipinski definition) is 2. The minimum Gasteiger partial charge on any atom is -0.321 e. The van der Waals surface area contributed by atoms with Crippen LogP contribution < -0.4 is 10.0 Å². The monoisotopic (exact) mass is 409 g/mol. The van der Waals surface area contributed by atoms with Gasteiger partial charge in [-0.2, -0.15) is 0 Å². The highest BCUT2D eigenvalue weighted by atomic mass is 32.2. The zero-order chi connectivity index (χ0) is 20.9. The van der Waals surface area contributed by atoms with Gasteiger partial charge in [-0.1, -0.05) is 24.3 Å². The highest BCUT2D eigenvalue weighted by Gasteiger charge is 2.14. The number of rotatable bonds is 7. The van der Waals surface area contributed by atoms with E-state index in [2.05, 4.69) is 15.0 Å². The number of Topliss-reactive ketones (excluding diaryl/α,β-unsaturated/α-hetero) is 1. The van der Waals surface area contributed by atoms with Crippen LogP contribution in [-0.4, -0.2) is 25.1 Å². The molecule has 1 heterocycles. The molecule has 0 fully saturated rings. The van der Waals surface area contributed by atoms with E-state index in [1.807, 2.05) is 0 Å². The lowest BCUT2D eigenvalue weighted by molar-refractivity contribution is 0.101. The topological polar surface area (TPSA) is 105 Å². The molecule has 29 heavy (non-hydrogen) atoms. The summed E-state index contributed by atoms with van der Waals surface area (Å²) in [4.78, 5) is 27.5. The second-order valence-electron chi connectivity index (χ2n) is 6.30. The first kappa shape index (κ1) is 20.4. The Morgan fingerprint density at radius 3 is 2.17 bits per heavy atom. The first-order chi connectivity index (χ1) is 13.8. The highest BCUT2D eigenvalue weighted by molar-refractivity contribution is 7.89. The van der Waals surface area contributed by atoms with Gasteiger partial charge in [-0.25, -0.2) is 13.1 Å². The number of nitrogens with one attached hydrogen (secondary N) is 2. The Balaban J connectivity index is 1.62. The van der Waals surface area contributed by atoms with Gasteiger partial charge in [-0.15, -0.1) is 0 Å². The number of aromatic nitrogens is 1. The van der Waals surface area contributed by atoms with Crippen molar-refractivity contribution in [1.29, 1.82) is 0 Å². The van der Waals surface area contributed by atoms with Crippen molar-refractivity contribution in [2.24, 2.45) is 0 Å². The number of carbonyl (C=O) groups is 2. The number of ketones is 1. The second-order valence-corrected chi connectivity index (χ2v) is 8.06. The van der Waals surface area contributed by atoms with Crippen LogP contribution in [0.3, 0.4) is 0 Å². The second kappa shape index (κ2) is 8.76. The first-order valence-corrected chi connectivity index (χ1v) is 10.2. The molecular formula is C21H19N3O4S. The van der Waals surface area contributed by atoms with E-state index in [1.54, 1.807) is 48.8 Å². The summed E-state index contributed by atoms with van der Waals surface area (Å²) < 4.78 is 27.3. The van der Waals surface area contributed by atoms with E-state index < -0.39 is 10.0 Å². The lowest BCUT2D eigenvalue weighted by atomic mass is 10.1. The summed E-state index contributed by atoms with van der Waals surface area (Å²) in [7, 11) is -3.72. The number of benzene rings is 2. The Hall–Kier alpha value is -3.36. The van der Waals surface area contributed by atoms with Gasteiger partial charge in [-0.05, 0) is 48.9 Å². The zero-order valence-corrected chi connectivity index (χ0v) is 16.4. The number of carbonyl (C=O) groups excluding carboxylic acids is 2. The normalized spacial score (nSPS) is 11.1. The summed E-state index contributed by atoms with van der Waals surface area (Å²) in [6.45, 7) is 1.49. The van der Waals surface area contributed by atoms with Gasteiger partial charge in [0.05, 0.1) is 16.8 Å². The standard InChI is InChI=1S/C21H19N3O4S/c1-15(25)17-8-10-20(11-9-17)29(27,28)23-13-16-4-6-18(7-5-16)21(26)24-19-3-2-12-22-14-19/h2-12,14,23H,13H2,1H3,(H,24,26). The number of hydrogen-bond acceptors (Lipinski definition) is 5. The predicted octanol–water partition coefficient (Wildman–Crippen LogP) is 3.02. The Labute approximate surface area is 168 Å². The smallest absolute Gasteiger partial charge is 0.255 e. The van der Waals surface area contributed by atoms with E-state index in [4.69, 9.17) is 0 Å². The lowest BCUT2D eigenvalue weighted by Crippen LogP contribution is -2.23. The molecule has 8 heteroatoms. The highest BCUT2D eigenvalue weighted by Crippen LogP contribution is 2.13. The van der Waals surface area contributed by atoms with Gasteiger partial charge < -0.3 is 5.32 Å². The SMILES string of the molecule is CC(=O)c1ccc(S(=O)(=O)NCc2ccc(C(=O)Nc3cccnc3)cc2)cc1. The van der Waals surface area contributed by atoms with Crippen molar-refractivity contribution in [2.45, 2.75) is 18.4 Å². The maximum absolute atomic E-state index is 12.4. The molecule has 3 rings (SSSR count). The van der Waals surface area contributed by atoms with Crippen molar-refractivity contribution in [2.75, 3.05) is 5.32 Å². The van der Waals surface area contributed by atoms with Gasteiger partial charge in [0.2, 0.25) is 10.0 Å². The Morgan fingerprint density at radius 2 is 1.59 bits per heavy atom. The molecule has 2 aromatic carbocycles. The molecule has 0 atom stereocenters. The van der Waals surface area contributed by atoms with Crippen molar-refractivity contribution in [3.8, 4) is 0 Å². The van der Waals surface area contributed by atoms with Crippen LogP contribution in [0.25, 0.3) is 0 Å². The Bertz CT molecular complexity index is 1110. The van der Waals surface area contributed by atoms with E-state index in [0.717, 1.165) is 0 Å². The van der Waals surface area contributed by atoms with Crippen molar-refractivity contribution in [3.05, 3.63) is 89.7 Å². The Kier molecular flexibility index (Phi) is 6.16. The van der Waals surface area contributed by atoms with E-state index >= 15 is 0 Å². The fourth-order valence-electron chi connectivity index (χ4n) is 2.54. The molecule has 2 N–H and O–H groups in total. The van der Waals surface area contributed by atoms with Crippen LogP contribution in [0, 0.1) is 0 Å². The molecule has 0 unspecified atom stereocenters. The maximum Gasteiger partial charge on any atom is 0.255 e. The van der Waals surface area contributed by atoms with E-state index in [9.17, 15) is 18.0 Å². The van der Waals surface area contributed by atoms with Gasteiger partial charge in [0.25, 0.3) is 5.91 Å². The molecule has 0 aliphatic rings. The summed E-state index contributed by atoms with van der Waals surface area (Å²) in [5.74, 6) is -0.412. The molecule has 0 spiro atoms. The molecule has 0 bridgehead atoms. The van der Waals surface area contributed by atoms with E-state index in [1.165, 1.54) is 31.2 Å². The first-order valence-electron chi connectivity index (χ1n) is 8.76. The molecule has 1 amide bonds. The molecule has 1 aromatic heterocycles. The number of sulfonamides is 1. The summed E-state index contributed by atoms with van der Waals surface area (Å²) >= 11 is 0. The molecule has 3 aromatic rings. The third-order valence-electron chi connectivity index (χ3n) is 4.17. The number of nitrogens with zero attached hydrogens (tertiary/aromatic N) is 1. The van der Waals surface area contributed by atoms with Crippen molar-refractivity contribution < 1.29 is 18.0 Å². The predicted molar refractivity (Wildman–Crippen MR) is 109 cm³/mol. The fraction of sp³-hybridized carbons (Fsp3) is 0.0952. The van der Waals surface area contributed by atoms with Crippen molar-refractivity contribution >= 4 is 27.4 Å². The number of anilines is 1. The molecule has 148 valence electrons. The van der Waals surface area contributed by atoms with Gasteiger partial charge in [-0.3, -0.25) is 14.6 Å². The van der Waals surface area contributed by atoms with Crippen LogP contribution in [0.4, 0.5) is 5.69 Å². The van der Waals surface area contributed by atoms with Gasteiger partial charge in [0.1, 0.15) is 0 Å². The third-order valence-corrected chi connectivity index (χ3v) is 5.59. The molecule has 0 aliphatic carbocycles. The molecular weight excluding hydrogens is 390 g/mol. The quantitative estimate of drug-likeness (QED) is 0.584. The molecule has 7 nitrogen and oxygen atoms in total. The average molecular weight is 409 g/mol. The van der Waals surface area contributed by atoms with Crippen molar-refractivity contribution in [1.82, 2.24) is 9.71 Å². The third kappa shape index (κ3) is 5.34. The molecule has 0 aliphatic heterocycles. The van der Waals surface area contributed by atoms with Crippen LogP contribution in [0.15, 0.2) is 78.0 Å². The van der Waals surface area contributed by atoms with Gasteiger partial charge in [0.15, 0.2) is 5.78 Å². The average Bonchev–Trinajstić information content (AvgIpc) is 2.73. The van der Waals surface area contributed by atoms with E-state index in [-0.39, 0.29) is 23.1 Å². The maximum atomic E-state index is 12.4. The van der Waals surface area contributed by atoms with Crippen LogP contribution >= 0.6 is 0 Å². The lowest BCUT2D eigenvalue weighted by Gasteiger charge is -2.09. The molecule has 0 radical (unpaired) electrons. The zero-order valence-electron chi connectivity index (χ0n) is 15.6. The van der Waals surface area contributed by atoms with Crippen LogP contribution in [0.2, 0.25) is 0 Å². The van der Waals surface area contributed by atoms with Gasteiger partial charge >= 0.3 is 0 Å². The number of pyridine rings is 1. The Morgan fingerprint density at radius 1 is 0.931 bits per heavy atom. The summed E-state index contributed by atoms with van der Waals surface area (Å²) in [6.07, 6.45) is 3.16.